The summed E-state index contributed by atoms with van der Waals surface area (Å²) in [5.74, 6) is 1.56. The van der Waals surface area contributed by atoms with Crippen molar-refractivity contribution in [2.75, 3.05) is 32.8 Å². The summed E-state index contributed by atoms with van der Waals surface area (Å²) >= 11 is 3.69. The van der Waals surface area contributed by atoms with Gasteiger partial charge >= 0.3 is 0 Å². The predicted octanol–water partition coefficient (Wildman–Crippen LogP) is 5.17. The lowest BCUT2D eigenvalue weighted by molar-refractivity contribution is 0.268. The van der Waals surface area contributed by atoms with Crippen molar-refractivity contribution in [2.24, 2.45) is 0 Å². The summed E-state index contributed by atoms with van der Waals surface area (Å²) in [4.78, 5) is 2.41. The van der Waals surface area contributed by atoms with Crippen molar-refractivity contribution in [1.29, 1.82) is 0 Å². The lowest BCUT2D eigenvalue weighted by Crippen LogP contribution is -2.31. The molecule has 5 heteroatoms. The van der Waals surface area contributed by atoms with Crippen LogP contribution in [-0.2, 0) is 13.2 Å². The first-order chi connectivity index (χ1) is 13.6. The van der Waals surface area contributed by atoms with E-state index in [0.717, 1.165) is 54.3 Å². The summed E-state index contributed by atoms with van der Waals surface area (Å²) in [5.41, 5.74) is 3.56. The van der Waals surface area contributed by atoms with Crippen LogP contribution in [0.15, 0.2) is 40.9 Å². The van der Waals surface area contributed by atoms with Gasteiger partial charge in [0.2, 0.25) is 0 Å². The van der Waals surface area contributed by atoms with E-state index in [1.54, 1.807) is 0 Å². The Hall–Kier alpha value is -1.56. The Balaban J connectivity index is 2.01. The van der Waals surface area contributed by atoms with E-state index in [2.05, 4.69) is 77.2 Å². The van der Waals surface area contributed by atoms with Gasteiger partial charge in [0.05, 0.1) is 6.61 Å². The van der Waals surface area contributed by atoms with Crippen LogP contribution in [0.25, 0.3) is 0 Å². The van der Waals surface area contributed by atoms with Crippen LogP contribution in [0, 0.1) is 6.92 Å². The van der Waals surface area contributed by atoms with Crippen LogP contribution in [0.5, 0.6) is 11.5 Å². The molecule has 0 fully saturated rings. The number of hydrogen-bond donors (Lipinski definition) is 1. The fraction of sp³-hybridized carbons (Fsp3) is 0.478. The van der Waals surface area contributed by atoms with Gasteiger partial charge in [0.25, 0.3) is 0 Å². The zero-order valence-corrected chi connectivity index (χ0v) is 19.1. The molecule has 0 unspecified atom stereocenters. The van der Waals surface area contributed by atoms with Gasteiger partial charge in [0.15, 0.2) is 11.5 Å². The van der Waals surface area contributed by atoms with Gasteiger partial charge in [-0.2, -0.15) is 0 Å². The molecule has 0 spiro atoms. The number of likely N-dealkylation sites (N-methyl/N-ethyl adjacent to an activating group) is 1. The average molecular weight is 449 g/mol. The highest BCUT2D eigenvalue weighted by Gasteiger charge is 2.11. The fourth-order valence-corrected chi connectivity index (χ4v) is 3.52. The Bertz CT molecular complexity index is 733. The molecule has 0 heterocycles. The average Bonchev–Trinajstić information content (AvgIpc) is 2.69. The van der Waals surface area contributed by atoms with Crippen molar-refractivity contribution < 1.29 is 9.47 Å². The second-order valence-corrected chi connectivity index (χ2v) is 7.66. The zero-order chi connectivity index (χ0) is 20.4. The van der Waals surface area contributed by atoms with E-state index in [4.69, 9.17) is 9.47 Å². The molecule has 0 aliphatic heterocycles. The third-order valence-corrected chi connectivity index (χ3v) is 5.44. The van der Waals surface area contributed by atoms with E-state index in [1.807, 2.05) is 13.0 Å². The van der Waals surface area contributed by atoms with Crippen molar-refractivity contribution in [3.05, 3.63) is 57.6 Å². The molecule has 0 atom stereocenters. The van der Waals surface area contributed by atoms with E-state index in [0.29, 0.717) is 13.2 Å². The van der Waals surface area contributed by atoms with Crippen LogP contribution in [0.2, 0.25) is 0 Å². The Kier molecular flexibility index (Phi) is 9.82. The van der Waals surface area contributed by atoms with Crippen molar-refractivity contribution in [3.63, 3.8) is 0 Å². The van der Waals surface area contributed by atoms with E-state index < -0.39 is 0 Å². The molecule has 0 aliphatic rings. The van der Waals surface area contributed by atoms with Crippen LogP contribution < -0.4 is 14.8 Å². The van der Waals surface area contributed by atoms with Gasteiger partial charge < -0.3 is 19.7 Å². The molecule has 154 valence electrons. The molecule has 0 bridgehead atoms. The third-order valence-electron chi connectivity index (χ3n) is 4.70. The van der Waals surface area contributed by atoms with Crippen molar-refractivity contribution in [1.82, 2.24) is 10.2 Å². The smallest absolute Gasteiger partial charge is 0.162 e. The number of ether oxygens (including phenoxy) is 2. The summed E-state index contributed by atoms with van der Waals surface area (Å²) in [6, 6.07) is 12.5. The Labute approximate surface area is 178 Å². The molecule has 0 radical (unpaired) electrons. The molecule has 0 saturated heterocycles. The van der Waals surface area contributed by atoms with Crippen molar-refractivity contribution in [2.45, 2.75) is 40.8 Å². The molecule has 2 aromatic rings. The van der Waals surface area contributed by atoms with E-state index in [9.17, 15) is 0 Å². The molecule has 2 aromatic carbocycles. The molecule has 28 heavy (non-hydrogen) atoms. The Morgan fingerprint density at radius 3 is 2.43 bits per heavy atom. The number of aryl methyl sites for hydroxylation is 1. The minimum atomic E-state index is 0.523. The standard InChI is InChI=1S/C23H33BrN2O2/c1-5-26(6-2)12-11-25-16-20-14-22(27-7-3)23(15-21(20)24)28-17-19-10-8-9-18(4)13-19/h8-10,13-15,25H,5-7,11-12,16-17H2,1-4H3. The Morgan fingerprint density at radius 2 is 1.75 bits per heavy atom. The van der Waals surface area contributed by atoms with E-state index in [1.165, 1.54) is 11.1 Å². The molecule has 2 rings (SSSR count). The SMILES string of the molecule is CCOc1cc(CNCCN(CC)CC)c(Br)cc1OCc1cccc(C)c1. The van der Waals surface area contributed by atoms with E-state index >= 15 is 0 Å². The number of rotatable bonds is 12. The Morgan fingerprint density at radius 1 is 1.00 bits per heavy atom. The van der Waals surface area contributed by atoms with Crippen molar-refractivity contribution >= 4 is 15.9 Å². The number of nitrogens with one attached hydrogen (secondary N) is 1. The minimum absolute atomic E-state index is 0.523. The summed E-state index contributed by atoms with van der Waals surface area (Å²) in [6.45, 7) is 14.6. The number of halogens is 1. The highest BCUT2D eigenvalue weighted by Crippen LogP contribution is 2.34. The normalized spacial score (nSPS) is 11.1. The minimum Gasteiger partial charge on any atom is -0.490 e. The lowest BCUT2D eigenvalue weighted by Gasteiger charge is -2.19. The summed E-state index contributed by atoms with van der Waals surface area (Å²) in [5, 5.41) is 3.53. The summed E-state index contributed by atoms with van der Waals surface area (Å²) in [7, 11) is 0. The van der Waals surface area contributed by atoms with Gasteiger partial charge in [0, 0.05) is 24.1 Å². The predicted molar refractivity (Wildman–Crippen MR) is 120 cm³/mol. The second kappa shape index (κ2) is 12.1. The van der Waals surface area contributed by atoms with Crippen LogP contribution >= 0.6 is 15.9 Å². The summed E-state index contributed by atoms with van der Waals surface area (Å²) < 4.78 is 12.9. The first kappa shape index (κ1) is 22.7. The lowest BCUT2D eigenvalue weighted by atomic mass is 10.1. The van der Waals surface area contributed by atoms with E-state index in [-0.39, 0.29) is 0 Å². The van der Waals surface area contributed by atoms with Crippen LogP contribution in [0.3, 0.4) is 0 Å². The first-order valence-electron chi connectivity index (χ1n) is 10.1. The topological polar surface area (TPSA) is 33.7 Å². The van der Waals surface area contributed by atoms with Gasteiger partial charge in [-0.3, -0.25) is 0 Å². The van der Waals surface area contributed by atoms with Gasteiger partial charge in [-0.15, -0.1) is 0 Å². The number of nitrogens with zero attached hydrogens (tertiary/aromatic N) is 1. The molecular weight excluding hydrogens is 416 g/mol. The van der Waals surface area contributed by atoms with Gasteiger partial charge in [-0.25, -0.2) is 0 Å². The maximum absolute atomic E-state index is 6.07. The maximum atomic E-state index is 6.07. The molecular formula is C23H33BrN2O2. The van der Waals surface area contributed by atoms with Crippen LogP contribution in [0.4, 0.5) is 0 Å². The fourth-order valence-electron chi connectivity index (χ4n) is 3.06. The third kappa shape index (κ3) is 7.12. The van der Waals surface area contributed by atoms with Gasteiger partial charge in [-0.1, -0.05) is 59.6 Å². The first-order valence-corrected chi connectivity index (χ1v) is 10.9. The second-order valence-electron chi connectivity index (χ2n) is 6.80. The largest absolute Gasteiger partial charge is 0.490 e. The molecule has 4 nitrogen and oxygen atoms in total. The van der Waals surface area contributed by atoms with Crippen molar-refractivity contribution in [3.8, 4) is 11.5 Å². The number of benzene rings is 2. The van der Waals surface area contributed by atoms with Gasteiger partial charge in [-0.05, 0) is 50.2 Å². The zero-order valence-electron chi connectivity index (χ0n) is 17.6. The molecule has 0 amide bonds. The molecule has 1 N–H and O–H groups in total. The van der Waals surface area contributed by atoms with Gasteiger partial charge in [0.1, 0.15) is 6.61 Å². The quantitative estimate of drug-likeness (QED) is 0.454. The summed E-state index contributed by atoms with van der Waals surface area (Å²) in [6.07, 6.45) is 0. The molecule has 0 aliphatic carbocycles. The monoisotopic (exact) mass is 448 g/mol. The van der Waals surface area contributed by atoms with Crippen LogP contribution in [-0.4, -0.2) is 37.7 Å². The molecule has 0 saturated carbocycles. The molecule has 0 aromatic heterocycles. The maximum Gasteiger partial charge on any atom is 0.162 e. The number of hydrogen-bond acceptors (Lipinski definition) is 4. The highest BCUT2D eigenvalue weighted by atomic mass is 79.9. The highest BCUT2D eigenvalue weighted by molar-refractivity contribution is 9.10. The van der Waals surface area contributed by atoms with Crippen LogP contribution in [0.1, 0.15) is 37.5 Å².